The fourth-order valence-electron chi connectivity index (χ4n) is 1.16. The van der Waals surface area contributed by atoms with Gasteiger partial charge in [0.15, 0.2) is 0 Å². The van der Waals surface area contributed by atoms with Crippen LogP contribution in [0.4, 0.5) is 0 Å². The fraction of sp³-hybridized carbons (Fsp3) is 0.364. The molecule has 0 aliphatic heterocycles. The summed E-state index contributed by atoms with van der Waals surface area (Å²) >= 11 is 1.61. The summed E-state index contributed by atoms with van der Waals surface area (Å²) in [6, 6.07) is 12.0. The summed E-state index contributed by atoms with van der Waals surface area (Å²) in [5.74, 6) is 1.39. The number of aliphatic hydroxyl groups is 1. The van der Waals surface area contributed by atoms with Gasteiger partial charge in [-0.3, -0.25) is 0 Å². The summed E-state index contributed by atoms with van der Waals surface area (Å²) < 4.78 is 0. The predicted octanol–water partition coefficient (Wildman–Crippen LogP) is 2.02. The third-order valence-electron chi connectivity index (χ3n) is 1.88. The third-order valence-corrected chi connectivity index (χ3v) is 2.92. The number of hydrogen-bond donors (Lipinski definition) is 1. The maximum atomic E-state index is 8.95. The molecule has 1 N–H and O–H groups in total. The van der Waals surface area contributed by atoms with Gasteiger partial charge in [0.25, 0.3) is 0 Å². The molecule has 74 valence electrons. The summed E-state index contributed by atoms with van der Waals surface area (Å²) in [5.41, 5.74) is 1.06. The van der Waals surface area contributed by atoms with E-state index in [-0.39, 0.29) is 12.5 Å². The van der Waals surface area contributed by atoms with Crippen LogP contribution in [0.2, 0.25) is 0 Å². The molecule has 0 aromatic heterocycles. The van der Waals surface area contributed by atoms with Gasteiger partial charge in [0.2, 0.25) is 0 Å². The lowest BCUT2D eigenvalue weighted by atomic mass is 10.0. The lowest BCUT2D eigenvalue weighted by Gasteiger charge is -2.07. The molecule has 0 amide bonds. The van der Waals surface area contributed by atoms with E-state index in [0.29, 0.717) is 5.75 Å². The van der Waals surface area contributed by atoms with Gasteiger partial charge >= 0.3 is 0 Å². The van der Waals surface area contributed by atoms with Crippen molar-refractivity contribution in [2.45, 2.75) is 5.92 Å². The summed E-state index contributed by atoms with van der Waals surface area (Å²) in [6.45, 7) is 0.178. The van der Waals surface area contributed by atoms with Crippen molar-refractivity contribution in [3.05, 3.63) is 35.9 Å². The summed E-state index contributed by atoms with van der Waals surface area (Å²) in [4.78, 5) is 0. The number of benzene rings is 1. The van der Waals surface area contributed by atoms with Gasteiger partial charge in [-0.15, -0.1) is 0 Å². The second kappa shape index (κ2) is 6.47. The molecular formula is C11H13NOS. The normalized spacial score (nSPS) is 12.0. The number of hydrogen-bond acceptors (Lipinski definition) is 3. The molecule has 1 unspecified atom stereocenters. The molecule has 0 radical (unpaired) electrons. The molecule has 14 heavy (non-hydrogen) atoms. The highest BCUT2D eigenvalue weighted by Gasteiger charge is 2.09. The Labute approximate surface area is 88.6 Å². The highest BCUT2D eigenvalue weighted by atomic mass is 32.2. The van der Waals surface area contributed by atoms with Crippen LogP contribution in [-0.2, 0) is 0 Å². The van der Waals surface area contributed by atoms with Crippen molar-refractivity contribution >= 4 is 11.8 Å². The molecule has 0 aliphatic rings. The van der Waals surface area contributed by atoms with Crippen molar-refractivity contribution in [1.82, 2.24) is 0 Å². The molecule has 0 saturated heterocycles. The van der Waals surface area contributed by atoms with Gasteiger partial charge in [-0.1, -0.05) is 30.3 Å². The lowest BCUT2D eigenvalue weighted by molar-refractivity contribution is 0.322. The molecule has 0 aliphatic carbocycles. The lowest BCUT2D eigenvalue weighted by Crippen LogP contribution is -2.00. The topological polar surface area (TPSA) is 44.0 Å². The molecule has 0 spiro atoms. The first kappa shape index (κ1) is 11.1. The van der Waals surface area contributed by atoms with Crippen LogP contribution in [0, 0.1) is 11.3 Å². The van der Waals surface area contributed by atoms with Crippen LogP contribution >= 0.6 is 11.8 Å². The summed E-state index contributed by atoms with van der Waals surface area (Å²) in [7, 11) is 0. The number of thioether (sulfide) groups is 1. The van der Waals surface area contributed by atoms with E-state index in [9.17, 15) is 0 Å². The van der Waals surface area contributed by atoms with Gasteiger partial charge in [-0.25, -0.2) is 0 Å². The van der Waals surface area contributed by atoms with E-state index in [1.165, 1.54) is 0 Å². The molecule has 1 rings (SSSR count). The van der Waals surface area contributed by atoms with Crippen molar-refractivity contribution in [3.8, 4) is 6.07 Å². The highest BCUT2D eigenvalue weighted by molar-refractivity contribution is 7.99. The Hall–Kier alpha value is -0.980. The van der Waals surface area contributed by atoms with Crippen molar-refractivity contribution < 1.29 is 5.11 Å². The maximum Gasteiger partial charge on any atom is 0.0803 e. The first-order valence-corrected chi connectivity index (χ1v) is 5.67. The Morgan fingerprint density at radius 2 is 2.07 bits per heavy atom. The summed E-state index contributed by atoms with van der Waals surface area (Å²) in [6.07, 6.45) is 0. The standard InChI is InChI=1S/C11H13NOS/c12-8-11(9-14-7-6-13)10-4-2-1-3-5-10/h1-5,11,13H,6-7,9H2. The molecule has 0 bridgehead atoms. The monoisotopic (exact) mass is 207 g/mol. The van der Waals surface area contributed by atoms with Gasteiger partial charge in [-0.05, 0) is 5.56 Å². The van der Waals surface area contributed by atoms with Crippen LogP contribution in [0.25, 0.3) is 0 Å². The average Bonchev–Trinajstić information content (AvgIpc) is 2.26. The Balaban J connectivity index is 2.52. The van der Waals surface area contributed by atoms with Crippen molar-refractivity contribution in [2.75, 3.05) is 18.1 Å². The number of rotatable bonds is 5. The molecule has 1 aromatic rings. The molecular weight excluding hydrogens is 194 g/mol. The molecule has 0 fully saturated rings. The SMILES string of the molecule is N#CC(CSCCO)c1ccccc1. The number of nitriles is 1. The minimum Gasteiger partial charge on any atom is -0.396 e. The van der Waals surface area contributed by atoms with Gasteiger partial charge in [0, 0.05) is 11.5 Å². The zero-order valence-electron chi connectivity index (χ0n) is 7.89. The number of nitrogens with zero attached hydrogens (tertiary/aromatic N) is 1. The Morgan fingerprint density at radius 3 is 2.64 bits per heavy atom. The minimum atomic E-state index is -0.0623. The zero-order chi connectivity index (χ0) is 10.2. The van der Waals surface area contributed by atoms with E-state index in [4.69, 9.17) is 10.4 Å². The minimum absolute atomic E-state index is 0.0623. The highest BCUT2D eigenvalue weighted by Crippen LogP contribution is 2.19. The van der Waals surface area contributed by atoms with E-state index >= 15 is 0 Å². The Bertz CT molecular complexity index is 294. The van der Waals surface area contributed by atoms with E-state index in [0.717, 1.165) is 11.3 Å². The zero-order valence-corrected chi connectivity index (χ0v) is 8.70. The van der Waals surface area contributed by atoms with Crippen molar-refractivity contribution in [3.63, 3.8) is 0 Å². The molecule has 2 nitrogen and oxygen atoms in total. The van der Waals surface area contributed by atoms with Gasteiger partial charge < -0.3 is 5.11 Å². The predicted molar refractivity (Wildman–Crippen MR) is 59.2 cm³/mol. The first-order valence-electron chi connectivity index (χ1n) is 4.51. The fourth-order valence-corrected chi connectivity index (χ4v) is 1.96. The smallest absolute Gasteiger partial charge is 0.0803 e. The van der Waals surface area contributed by atoms with Crippen LogP contribution in [0.3, 0.4) is 0 Å². The van der Waals surface area contributed by atoms with Crippen LogP contribution in [-0.4, -0.2) is 23.2 Å². The van der Waals surface area contributed by atoms with E-state index in [1.807, 2.05) is 30.3 Å². The molecule has 3 heteroatoms. The molecule has 1 atom stereocenters. The van der Waals surface area contributed by atoms with Crippen LogP contribution in [0.1, 0.15) is 11.5 Å². The maximum absolute atomic E-state index is 8.95. The second-order valence-electron chi connectivity index (χ2n) is 2.89. The molecule has 0 heterocycles. The third kappa shape index (κ3) is 3.41. The largest absolute Gasteiger partial charge is 0.396 e. The van der Waals surface area contributed by atoms with Crippen LogP contribution in [0.5, 0.6) is 0 Å². The molecule has 1 aromatic carbocycles. The Morgan fingerprint density at radius 1 is 1.36 bits per heavy atom. The van der Waals surface area contributed by atoms with Gasteiger partial charge in [-0.2, -0.15) is 17.0 Å². The average molecular weight is 207 g/mol. The van der Waals surface area contributed by atoms with Crippen LogP contribution in [0.15, 0.2) is 30.3 Å². The quantitative estimate of drug-likeness (QED) is 0.751. The van der Waals surface area contributed by atoms with E-state index in [2.05, 4.69) is 6.07 Å². The van der Waals surface area contributed by atoms with E-state index < -0.39 is 0 Å². The molecule has 0 saturated carbocycles. The number of aliphatic hydroxyl groups excluding tert-OH is 1. The Kier molecular flexibility index (Phi) is 5.13. The summed E-state index contributed by atoms with van der Waals surface area (Å²) in [5, 5.41) is 17.6. The van der Waals surface area contributed by atoms with Crippen LogP contribution < -0.4 is 0 Å². The van der Waals surface area contributed by atoms with Gasteiger partial charge in [0.1, 0.15) is 0 Å². The van der Waals surface area contributed by atoms with Crippen molar-refractivity contribution in [1.29, 1.82) is 5.26 Å². The van der Waals surface area contributed by atoms with Gasteiger partial charge in [0.05, 0.1) is 18.6 Å². The second-order valence-corrected chi connectivity index (χ2v) is 4.04. The van der Waals surface area contributed by atoms with E-state index in [1.54, 1.807) is 11.8 Å². The van der Waals surface area contributed by atoms with Crippen molar-refractivity contribution in [2.24, 2.45) is 0 Å². The first-order chi connectivity index (χ1) is 6.88.